The molecule has 0 aliphatic heterocycles. The molecule has 5 N–H and O–H groups in total. The van der Waals surface area contributed by atoms with Crippen LogP contribution in [0.2, 0.25) is 5.02 Å². The largest absolute Gasteiger partial charge is 0.398 e. The molecule has 0 heterocycles. The summed E-state index contributed by atoms with van der Waals surface area (Å²) in [6, 6.07) is 7.16. The maximum Gasteiger partial charge on any atom is 0.0670 e. The normalized spacial score (nSPS) is 8.33. The topological polar surface area (TPSA) is 84.8 Å². The molecule has 12 heavy (non-hydrogen) atoms. The van der Waals surface area contributed by atoms with Crippen LogP contribution < -0.4 is 11.9 Å². The summed E-state index contributed by atoms with van der Waals surface area (Å²) in [6.07, 6.45) is 0.336. The standard InChI is InChI=1S/C8H7ClN2.H3N/c9-7-2-1-6(3-4-10)8(11)5-7;/h1-2,5H,3,11H2;1H3. The molecule has 1 aromatic rings. The van der Waals surface area contributed by atoms with Gasteiger partial charge in [0, 0.05) is 10.7 Å². The molecule has 1 rings (SSSR count). The van der Waals surface area contributed by atoms with E-state index in [1.54, 1.807) is 18.2 Å². The molecule has 0 saturated carbocycles. The fourth-order valence-electron chi connectivity index (χ4n) is 0.812. The van der Waals surface area contributed by atoms with Crippen LogP contribution in [0.4, 0.5) is 5.69 Å². The quantitative estimate of drug-likeness (QED) is 0.655. The van der Waals surface area contributed by atoms with E-state index in [1.165, 1.54) is 0 Å². The lowest BCUT2D eigenvalue weighted by Gasteiger charge is -1.99. The Morgan fingerprint density at radius 2 is 2.17 bits per heavy atom. The van der Waals surface area contributed by atoms with Crippen molar-refractivity contribution in [3.63, 3.8) is 0 Å². The van der Waals surface area contributed by atoms with Crippen molar-refractivity contribution in [1.29, 1.82) is 5.26 Å². The molecule has 0 aliphatic rings. The third-order valence-electron chi connectivity index (χ3n) is 1.38. The van der Waals surface area contributed by atoms with Crippen LogP contribution in [-0.2, 0) is 6.42 Å². The highest BCUT2D eigenvalue weighted by Crippen LogP contribution is 2.17. The molecule has 3 nitrogen and oxygen atoms in total. The van der Waals surface area contributed by atoms with Crippen LogP contribution in [0.3, 0.4) is 0 Å². The molecule has 0 fully saturated rings. The van der Waals surface area contributed by atoms with Gasteiger partial charge in [-0.3, -0.25) is 0 Å². The van der Waals surface area contributed by atoms with E-state index in [1.807, 2.05) is 6.07 Å². The van der Waals surface area contributed by atoms with E-state index in [0.29, 0.717) is 17.1 Å². The lowest BCUT2D eigenvalue weighted by Crippen LogP contribution is -1.92. The summed E-state index contributed by atoms with van der Waals surface area (Å²) in [5.41, 5.74) is 6.98. The van der Waals surface area contributed by atoms with Crippen molar-refractivity contribution in [2.24, 2.45) is 0 Å². The SMILES string of the molecule is N.N#CCc1ccc(Cl)cc1N. The zero-order chi connectivity index (χ0) is 8.27. The molecule has 0 bridgehead atoms. The number of benzene rings is 1. The van der Waals surface area contributed by atoms with Gasteiger partial charge in [-0.1, -0.05) is 17.7 Å². The molecule has 0 unspecified atom stereocenters. The number of nitrogens with two attached hydrogens (primary N) is 1. The molecule has 0 saturated heterocycles. The lowest BCUT2D eigenvalue weighted by atomic mass is 10.1. The van der Waals surface area contributed by atoms with E-state index in [9.17, 15) is 0 Å². The first-order valence-electron chi connectivity index (χ1n) is 3.15. The first kappa shape index (κ1) is 10.8. The van der Waals surface area contributed by atoms with E-state index >= 15 is 0 Å². The predicted octanol–water partition coefficient (Wildman–Crippen LogP) is 2.15. The number of rotatable bonds is 1. The van der Waals surface area contributed by atoms with Crippen molar-refractivity contribution in [3.8, 4) is 6.07 Å². The molecule has 1 aromatic carbocycles. The first-order chi connectivity index (χ1) is 5.24. The monoisotopic (exact) mass is 183 g/mol. The van der Waals surface area contributed by atoms with Gasteiger partial charge in [0.2, 0.25) is 0 Å². The average molecular weight is 184 g/mol. The lowest BCUT2D eigenvalue weighted by molar-refractivity contribution is 1.27. The summed E-state index contributed by atoms with van der Waals surface area (Å²) in [5, 5.41) is 8.98. The Kier molecular flexibility index (Phi) is 4.12. The second-order valence-electron chi connectivity index (χ2n) is 2.18. The zero-order valence-electron chi connectivity index (χ0n) is 6.55. The number of hydrogen-bond acceptors (Lipinski definition) is 3. The maximum absolute atomic E-state index is 8.37. The van der Waals surface area contributed by atoms with E-state index in [0.717, 1.165) is 5.56 Å². The van der Waals surface area contributed by atoms with Crippen LogP contribution in [0.25, 0.3) is 0 Å². The van der Waals surface area contributed by atoms with E-state index in [4.69, 9.17) is 22.6 Å². The van der Waals surface area contributed by atoms with Gasteiger partial charge in [-0.05, 0) is 17.7 Å². The Balaban J connectivity index is 0.00000121. The summed E-state index contributed by atoms with van der Waals surface area (Å²) in [5.74, 6) is 0. The van der Waals surface area contributed by atoms with Crippen molar-refractivity contribution < 1.29 is 0 Å². The third-order valence-corrected chi connectivity index (χ3v) is 1.61. The van der Waals surface area contributed by atoms with Crippen molar-refractivity contribution >= 4 is 17.3 Å². The van der Waals surface area contributed by atoms with Crippen LogP contribution in [-0.4, -0.2) is 0 Å². The van der Waals surface area contributed by atoms with E-state index in [2.05, 4.69) is 0 Å². The van der Waals surface area contributed by atoms with Gasteiger partial charge in [0.05, 0.1) is 12.5 Å². The minimum Gasteiger partial charge on any atom is -0.398 e. The molecule has 64 valence electrons. The molecule has 0 radical (unpaired) electrons. The Morgan fingerprint density at radius 3 is 2.67 bits per heavy atom. The summed E-state index contributed by atoms with van der Waals surface area (Å²) >= 11 is 5.65. The van der Waals surface area contributed by atoms with Gasteiger partial charge in [0.25, 0.3) is 0 Å². The fraction of sp³-hybridized carbons (Fsp3) is 0.125. The smallest absolute Gasteiger partial charge is 0.0670 e. The number of hydrogen-bond donors (Lipinski definition) is 2. The highest BCUT2D eigenvalue weighted by atomic mass is 35.5. The van der Waals surface area contributed by atoms with Gasteiger partial charge < -0.3 is 11.9 Å². The van der Waals surface area contributed by atoms with Crippen LogP contribution in [0.5, 0.6) is 0 Å². The van der Waals surface area contributed by atoms with Gasteiger partial charge in [-0.2, -0.15) is 5.26 Å². The van der Waals surface area contributed by atoms with Gasteiger partial charge in [0.15, 0.2) is 0 Å². The molecule has 4 heteroatoms. The predicted molar refractivity (Wildman–Crippen MR) is 50.2 cm³/mol. The molecular formula is C8H10ClN3. The zero-order valence-corrected chi connectivity index (χ0v) is 7.30. The second-order valence-corrected chi connectivity index (χ2v) is 2.61. The number of nitrogens with zero attached hydrogens (tertiary/aromatic N) is 1. The van der Waals surface area contributed by atoms with Gasteiger partial charge >= 0.3 is 0 Å². The van der Waals surface area contributed by atoms with Gasteiger partial charge in [-0.15, -0.1) is 0 Å². The van der Waals surface area contributed by atoms with Crippen molar-refractivity contribution in [2.45, 2.75) is 6.42 Å². The van der Waals surface area contributed by atoms with Crippen molar-refractivity contribution in [1.82, 2.24) is 6.15 Å². The number of nitriles is 1. The minimum atomic E-state index is 0. The molecule has 0 amide bonds. The summed E-state index contributed by atoms with van der Waals surface area (Å²) in [7, 11) is 0. The number of nitrogen functional groups attached to an aromatic ring is 1. The Bertz CT molecular complexity index is 304. The van der Waals surface area contributed by atoms with E-state index in [-0.39, 0.29) is 6.15 Å². The first-order valence-corrected chi connectivity index (χ1v) is 3.52. The van der Waals surface area contributed by atoms with Crippen molar-refractivity contribution in [3.05, 3.63) is 28.8 Å². The third kappa shape index (κ3) is 2.42. The summed E-state index contributed by atoms with van der Waals surface area (Å²) in [6.45, 7) is 0. The van der Waals surface area contributed by atoms with Gasteiger partial charge in [0.1, 0.15) is 0 Å². The summed E-state index contributed by atoms with van der Waals surface area (Å²) < 4.78 is 0. The molecular weight excluding hydrogens is 174 g/mol. The van der Waals surface area contributed by atoms with Crippen molar-refractivity contribution in [2.75, 3.05) is 5.73 Å². The van der Waals surface area contributed by atoms with Gasteiger partial charge in [-0.25, -0.2) is 0 Å². The van der Waals surface area contributed by atoms with E-state index < -0.39 is 0 Å². The van der Waals surface area contributed by atoms with Crippen LogP contribution in [0.15, 0.2) is 18.2 Å². The van der Waals surface area contributed by atoms with Crippen LogP contribution in [0.1, 0.15) is 5.56 Å². The Labute approximate surface area is 76.3 Å². The number of anilines is 1. The fourth-order valence-corrected chi connectivity index (χ4v) is 0.992. The molecule has 0 aromatic heterocycles. The van der Waals surface area contributed by atoms with Crippen LogP contribution in [0, 0.1) is 11.3 Å². The Hall–Kier alpha value is -1.24. The van der Waals surface area contributed by atoms with Crippen LogP contribution >= 0.6 is 11.6 Å². The Morgan fingerprint density at radius 1 is 1.50 bits per heavy atom. The molecule has 0 aliphatic carbocycles. The molecule has 0 atom stereocenters. The minimum absolute atomic E-state index is 0. The number of halogens is 1. The highest BCUT2D eigenvalue weighted by Gasteiger charge is 1.97. The maximum atomic E-state index is 8.37. The summed E-state index contributed by atoms with van der Waals surface area (Å²) in [4.78, 5) is 0. The highest BCUT2D eigenvalue weighted by molar-refractivity contribution is 6.30. The molecule has 0 spiro atoms. The average Bonchev–Trinajstić information content (AvgIpc) is 1.95. The second kappa shape index (κ2) is 4.60.